The van der Waals surface area contributed by atoms with E-state index in [0.717, 1.165) is 13.1 Å². The predicted octanol–water partition coefficient (Wildman–Crippen LogP) is 0.876. The first-order chi connectivity index (χ1) is 5.70. The van der Waals surface area contributed by atoms with E-state index in [2.05, 4.69) is 18.7 Å². The van der Waals surface area contributed by atoms with Gasteiger partial charge < -0.3 is 9.71 Å². The van der Waals surface area contributed by atoms with Crippen LogP contribution in [0.2, 0.25) is 0 Å². The molecule has 0 unspecified atom stereocenters. The molecule has 0 atom stereocenters. The molecule has 68 valence electrons. The number of nitrogens with zero attached hydrogens (tertiary/aromatic N) is 2. The fourth-order valence-corrected chi connectivity index (χ4v) is 1.69. The zero-order chi connectivity index (χ0) is 8.97. The van der Waals surface area contributed by atoms with Crippen LogP contribution in [0.15, 0.2) is 0 Å². The molecule has 0 aliphatic carbocycles. The van der Waals surface area contributed by atoms with Crippen molar-refractivity contribution < 1.29 is 0 Å². The van der Waals surface area contributed by atoms with Crippen molar-refractivity contribution >= 4 is 7.98 Å². The maximum absolute atomic E-state index is 5.74. The molecule has 0 bridgehead atoms. The first kappa shape index (κ1) is 10.1. The molecule has 0 saturated carbocycles. The van der Waals surface area contributed by atoms with Crippen molar-refractivity contribution in [1.82, 2.24) is 9.71 Å². The van der Waals surface area contributed by atoms with Crippen molar-refractivity contribution in [2.75, 3.05) is 26.2 Å². The molecule has 12 heavy (non-hydrogen) atoms. The molecular formula is C9H19BN2. The van der Waals surface area contributed by atoms with E-state index in [9.17, 15) is 0 Å². The first-order valence-corrected chi connectivity index (χ1v) is 4.94. The van der Waals surface area contributed by atoms with Gasteiger partial charge in [0.25, 0.3) is 0 Å². The molecule has 1 rings (SSSR count). The molecule has 3 heteroatoms. The number of hydrogen-bond acceptors (Lipinski definition) is 2. The third-order valence-corrected chi connectivity index (χ3v) is 2.51. The molecule has 0 aromatic rings. The Bertz CT molecular complexity index is 118. The van der Waals surface area contributed by atoms with Gasteiger partial charge in [0.1, 0.15) is 0 Å². The van der Waals surface area contributed by atoms with Crippen LogP contribution in [-0.2, 0) is 0 Å². The van der Waals surface area contributed by atoms with Gasteiger partial charge in [-0.05, 0) is 52.9 Å². The van der Waals surface area contributed by atoms with E-state index in [1.165, 1.54) is 25.9 Å². The normalized spacial score (nSPS) is 23.9. The average molecular weight is 166 g/mol. The van der Waals surface area contributed by atoms with Crippen molar-refractivity contribution in [3.8, 4) is 0 Å². The van der Waals surface area contributed by atoms with Crippen molar-refractivity contribution in [2.45, 2.75) is 32.7 Å². The minimum atomic E-state index is 0.689. The van der Waals surface area contributed by atoms with Gasteiger partial charge >= 0.3 is 0 Å². The number of rotatable bonds is 1. The molecule has 0 N–H and O–H groups in total. The topological polar surface area (TPSA) is 6.48 Å². The maximum atomic E-state index is 5.74. The Morgan fingerprint density at radius 1 is 1.00 bits per heavy atom. The summed E-state index contributed by atoms with van der Waals surface area (Å²) in [5.41, 5.74) is 0. The summed E-state index contributed by atoms with van der Waals surface area (Å²) in [5.74, 6) is 0. The van der Waals surface area contributed by atoms with Crippen LogP contribution in [-0.4, -0.2) is 49.9 Å². The molecule has 0 spiro atoms. The van der Waals surface area contributed by atoms with E-state index < -0.39 is 0 Å². The summed E-state index contributed by atoms with van der Waals surface area (Å²) in [6, 6.07) is 0.689. The van der Waals surface area contributed by atoms with E-state index in [-0.39, 0.29) is 0 Å². The van der Waals surface area contributed by atoms with Gasteiger partial charge in [0.2, 0.25) is 0 Å². The van der Waals surface area contributed by atoms with Crippen LogP contribution in [0.5, 0.6) is 0 Å². The highest BCUT2D eigenvalue weighted by Crippen LogP contribution is 2.05. The minimum Gasteiger partial charge on any atom is -0.353 e. The fourth-order valence-electron chi connectivity index (χ4n) is 1.69. The standard InChI is InChI=1S/C9H19BN2/c1-9(2)11-5-3-7-12(10)8-4-6-11/h9H,3-8H2,1-2H3. The summed E-state index contributed by atoms with van der Waals surface area (Å²) in [4.78, 5) is 4.48. The summed E-state index contributed by atoms with van der Waals surface area (Å²) in [6.07, 6.45) is 2.41. The highest BCUT2D eigenvalue weighted by Gasteiger charge is 2.11. The Kier molecular flexibility index (Phi) is 4.09. The summed E-state index contributed by atoms with van der Waals surface area (Å²) >= 11 is 0. The van der Waals surface area contributed by atoms with E-state index in [4.69, 9.17) is 7.98 Å². The SMILES string of the molecule is [B]N1CCCN(C(C)C)CCC1. The van der Waals surface area contributed by atoms with E-state index in [1.54, 1.807) is 0 Å². The summed E-state index contributed by atoms with van der Waals surface area (Å²) in [7, 11) is 5.74. The summed E-state index contributed by atoms with van der Waals surface area (Å²) in [5, 5.41) is 0. The lowest BCUT2D eigenvalue weighted by molar-refractivity contribution is 0.189. The Morgan fingerprint density at radius 3 is 1.92 bits per heavy atom. The van der Waals surface area contributed by atoms with E-state index in [1.807, 2.05) is 4.81 Å². The maximum Gasteiger partial charge on any atom is 0.182 e. The molecular weight excluding hydrogens is 147 g/mol. The highest BCUT2D eigenvalue weighted by molar-refractivity contribution is 6.04. The van der Waals surface area contributed by atoms with Crippen LogP contribution in [0.1, 0.15) is 26.7 Å². The molecule has 1 fully saturated rings. The largest absolute Gasteiger partial charge is 0.353 e. The van der Waals surface area contributed by atoms with Gasteiger partial charge in [0, 0.05) is 6.04 Å². The van der Waals surface area contributed by atoms with Gasteiger partial charge in [-0.25, -0.2) is 0 Å². The summed E-state index contributed by atoms with van der Waals surface area (Å²) in [6.45, 7) is 9.02. The number of hydrogen-bond donors (Lipinski definition) is 0. The van der Waals surface area contributed by atoms with Gasteiger partial charge in [-0.15, -0.1) is 0 Å². The van der Waals surface area contributed by atoms with Crippen LogP contribution in [0.4, 0.5) is 0 Å². The second-order valence-corrected chi connectivity index (χ2v) is 3.87. The van der Waals surface area contributed by atoms with Gasteiger partial charge in [-0.1, -0.05) is 0 Å². The van der Waals surface area contributed by atoms with E-state index in [0.29, 0.717) is 6.04 Å². The molecule has 0 aromatic carbocycles. The quantitative estimate of drug-likeness (QED) is 0.533. The average Bonchev–Trinajstić information content (AvgIpc) is 1.95. The molecule has 1 saturated heterocycles. The summed E-state index contributed by atoms with van der Waals surface area (Å²) < 4.78 is 0. The minimum absolute atomic E-state index is 0.689. The van der Waals surface area contributed by atoms with Crippen molar-refractivity contribution in [1.29, 1.82) is 0 Å². The van der Waals surface area contributed by atoms with Crippen LogP contribution >= 0.6 is 0 Å². The zero-order valence-electron chi connectivity index (χ0n) is 8.29. The van der Waals surface area contributed by atoms with Crippen LogP contribution < -0.4 is 0 Å². The van der Waals surface area contributed by atoms with Crippen molar-refractivity contribution in [3.05, 3.63) is 0 Å². The zero-order valence-corrected chi connectivity index (χ0v) is 8.29. The first-order valence-electron chi connectivity index (χ1n) is 4.94. The Balaban J connectivity index is 2.30. The predicted molar refractivity (Wildman–Crippen MR) is 53.3 cm³/mol. The fraction of sp³-hybridized carbons (Fsp3) is 1.00. The van der Waals surface area contributed by atoms with Crippen LogP contribution in [0.3, 0.4) is 0 Å². The monoisotopic (exact) mass is 166 g/mol. The Morgan fingerprint density at radius 2 is 1.50 bits per heavy atom. The van der Waals surface area contributed by atoms with Crippen LogP contribution in [0.25, 0.3) is 0 Å². The van der Waals surface area contributed by atoms with Gasteiger partial charge in [-0.2, -0.15) is 0 Å². The Labute approximate surface area is 77.3 Å². The van der Waals surface area contributed by atoms with Gasteiger partial charge in [0.15, 0.2) is 7.98 Å². The molecule has 1 aliphatic rings. The highest BCUT2D eigenvalue weighted by atomic mass is 15.2. The van der Waals surface area contributed by atoms with Crippen molar-refractivity contribution in [2.24, 2.45) is 0 Å². The lowest BCUT2D eigenvalue weighted by Gasteiger charge is -2.31. The van der Waals surface area contributed by atoms with E-state index >= 15 is 0 Å². The molecule has 1 heterocycles. The second kappa shape index (κ2) is 4.88. The molecule has 1 aliphatic heterocycles. The molecule has 0 amide bonds. The molecule has 2 radical (unpaired) electrons. The van der Waals surface area contributed by atoms with Crippen LogP contribution in [0, 0.1) is 0 Å². The lowest BCUT2D eigenvalue weighted by atomic mass is 10.1. The second-order valence-electron chi connectivity index (χ2n) is 3.87. The third-order valence-electron chi connectivity index (χ3n) is 2.51. The Hall–Kier alpha value is -0.0151. The smallest absolute Gasteiger partial charge is 0.182 e. The molecule has 0 aromatic heterocycles. The molecule has 2 nitrogen and oxygen atoms in total. The lowest BCUT2D eigenvalue weighted by Crippen LogP contribution is -2.39. The van der Waals surface area contributed by atoms with Gasteiger partial charge in [0.05, 0.1) is 0 Å². The van der Waals surface area contributed by atoms with Crippen molar-refractivity contribution in [3.63, 3.8) is 0 Å². The third kappa shape index (κ3) is 3.15. The van der Waals surface area contributed by atoms with Gasteiger partial charge in [-0.3, -0.25) is 0 Å².